The van der Waals surface area contributed by atoms with Gasteiger partial charge in [-0.1, -0.05) is 12.1 Å². The number of ether oxygens (including phenoxy) is 2. The minimum absolute atomic E-state index is 0.562. The van der Waals surface area contributed by atoms with E-state index in [0.717, 1.165) is 30.2 Å². The number of benzene rings is 1. The van der Waals surface area contributed by atoms with Gasteiger partial charge in [0.1, 0.15) is 12.4 Å². The van der Waals surface area contributed by atoms with Gasteiger partial charge < -0.3 is 20.1 Å². The average molecular weight is 368 g/mol. The summed E-state index contributed by atoms with van der Waals surface area (Å²) in [5, 5.41) is 6.72. The fraction of sp³-hybridized carbons (Fsp3) is 0.632. The van der Waals surface area contributed by atoms with Gasteiger partial charge in [-0.2, -0.15) is 11.8 Å². The number of aryl methyl sites for hydroxylation is 1. The first-order chi connectivity index (χ1) is 12.2. The van der Waals surface area contributed by atoms with Gasteiger partial charge in [0.25, 0.3) is 0 Å². The Labute approximate surface area is 157 Å². The Morgan fingerprint density at radius 2 is 2.04 bits per heavy atom. The molecule has 2 N–H and O–H groups in total. The van der Waals surface area contributed by atoms with Crippen LogP contribution in [0.2, 0.25) is 0 Å². The van der Waals surface area contributed by atoms with Gasteiger partial charge in [0.05, 0.1) is 6.61 Å². The average Bonchev–Trinajstić information content (AvgIpc) is 2.62. The van der Waals surface area contributed by atoms with E-state index in [1.807, 2.05) is 18.7 Å². The number of thioether (sulfide) groups is 1. The SMILES string of the molecule is CCOCCOc1cc(C)ccc1CNC(=NC)NCCCCSC. The van der Waals surface area contributed by atoms with Crippen molar-refractivity contribution in [3.05, 3.63) is 29.3 Å². The first-order valence-electron chi connectivity index (χ1n) is 8.94. The van der Waals surface area contributed by atoms with Crippen LogP contribution in [-0.2, 0) is 11.3 Å². The number of hydrogen-bond donors (Lipinski definition) is 2. The summed E-state index contributed by atoms with van der Waals surface area (Å²) in [7, 11) is 1.80. The summed E-state index contributed by atoms with van der Waals surface area (Å²) in [6, 6.07) is 6.27. The zero-order valence-electron chi connectivity index (χ0n) is 16.1. The van der Waals surface area contributed by atoms with Crippen molar-refractivity contribution in [1.29, 1.82) is 0 Å². The highest BCUT2D eigenvalue weighted by atomic mass is 32.2. The van der Waals surface area contributed by atoms with E-state index >= 15 is 0 Å². The number of hydrogen-bond acceptors (Lipinski definition) is 4. The van der Waals surface area contributed by atoms with Gasteiger partial charge in [0.2, 0.25) is 0 Å². The van der Waals surface area contributed by atoms with E-state index in [1.165, 1.54) is 17.7 Å². The highest BCUT2D eigenvalue weighted by Crippen LogP contribution is 2.20. The van der Waals surface area contributed by atoms with Crippen molar-refractivity contribution in [3.63, 3.8) is 0 Å². The van der Waals surface area contributed by atoms with Gasteiger partial charge in [-0.05, 0) is 50.3 Å². The maximum Gasteiger partial charge on any atom is 0.191 e. The van der Waals surface area contributed by atoms with Crippen LogP contribution in [0.25, 0.3) is 0 Å². The summed E-state index contributed by atoms with van der Waals surface area (Å²) in [4.78, 5) is 4.28. The van der Waals surface area contributed by atoms with Gasteiger partial charge in [-0.15, -0.1) is 0 Å². The maximum atomic E-state index is 5.88. The number of unbranched alkanes of at least 4 members (excludes halogenated alkanes) is 1. The molecule has 5 nitrogen and oxygen atoms in total. The van der Waals surface area contributed by atoms with E-state index in [-0.39, 0.29) is 0 Å². The van der Waals surface area contributed by atoms with Crippen LogP contribution in [0.3, 0.4) is 0 Å². The molecule has 0 atom stereocenters. The van der Waals surface area contributed by atoms with Crippen LogP contribution in [0.4, 0.5) is 0 Å². The van der Waals surface area contributed by atoms with E-state index in [0.29, 0.717) is 26.4 Å². The minimum atomic E-state index is 0.562. The molecule has 0 aliphatic heterocycles. The Morgan fingerprint density at radius 3 is 2.76 bits per heavy atom. The van der Waals surface area contributed by atoms with Crippen LogP contribution < -0.4 is 15.4 Å². The zero-order chi connectivity index (χ0) is 18.3. The number of aliphatic imine (C=N–C) groups is 1. The molecule has 6 heteroatoms. The summed E-state index contributed by atoms with van der Waals surface area (Å²) in [6.07, 6.45) is 4.52. The third-order valence-electron chi connectivity index (χ3n) is 3.65. The predicted octanol–water partition coefficient (Wildman–Crippen LogP) is 3.22. The van der Waals surface area contributed by atoms with Crippen LogP contribution in [-0.4, -0.2) is 51.4 Å². The standard InChI is InChI=1S/C19H33N3O2S/c1-5-23-11-12-24-18-14-16(2)8-9-17(18)15-22-19(20-3)21-10-6-7-13-25-4/h8-9,14H,5-7,10-13,15H2,1-4H3,(H2,20,21,22). The first kappa shape index (κ1) is 21.6. The molecule has 0 aromatic heterocycles. The summed E-state index contributed by atoms with van der Waals surface area (Å²) in [5.41, 5.74) is 2.30. The van der Waals surface area contributed by atoms with Crippen molar-refractivity contribution in [2.75, 3.05) is 45.4 Å². The molecule has 1 aromatic carbocycles. The first-order valence-corrected chi connectivity index (χ1v) is 10.3. The molecule has 0 saturated heterocycles. The number of nitrogens with zero attached hydrogens (tertiary/aromatic N) is 1. The molecule has 0 amide bonds. The lowest BCUT2D eigenvalue weighted by atomic mass is 10.1. The number of rotatable bonds is 12. The lowest BCUT2D eigenvalue weighted by Crippen LogP contribution is -2.37. The Morgan fingerprint density at radius 1 is 1.20 bits per heavy atom. The lowest BCUT2D eigenvalue weighted by molar-refractivity contribution is 0.110. The summed E-state index contributed by atoms with van der Waals surface area (Å²) < 4.78 is 11.2. The Balaban J connectivity index is 2.48. The Bertz CT molecular complexity index is 509. The molecule has 0 fully saturated rings. The van der Waals surface area contributed by atoms with Crippen molar-refractivity contribution >= 4 is 17.7 Å². The second kappa shape index (κ2) is 13.8. The van der Waals surface area contributed by atoms with Gasteiger partial charge in [0, 0.05) is 32.3 Å². The van der Waals surface area contributed by atoms with Crippen molar-refractivity contribution in [1.82, 2.24) is 10.6 Å². The molecule has 25 heavy (non-hydrogen) atoms. The van der Waals surface area contributed by atoms with Crippen LogP contribution in [0.1, 0.15) is 30.9 Å². The molecule has 0 saturated carbocycles. The number of guanidine groups is 1. The molecule has 0 aliphatic rings. The molecule has 0 bridgehead atoms. The van der Waals surface area contributed by atoms with Gasteiger partial charge in [-0.3, -0.25) is 4.99 Å². The molecule has 0 spiro atoms. The zero-order valence-corrected chi connectivity index (χ0v) is 16.9. The van der Waals surface area contributed by atoms with Crippen molar-refractivity contribution in [2.24, 2.45) is 4.99 Å². The molecule has 1 aromatic rings. The minimum Gasteiger partial charge on any atom is -0.491 e. The van der Waals surface area contributed by atoms with Crippen molar-refractivity contribution < 1.29 is 9.47 Å². The molecule has 0 radical (unpaired) electrons. The number of nitrogens with one attached hydrogen (secondary N) is 2. The van der Waals surface area contributed by atoms with E-state index in [4.69, 9.17) is 9.47 Å². The third kappa shape index (κ3) is 9.60. The monoisotopic (exact) mass is 367 g/mol. The maximum absolute atomic E-state index is 5.88. The lowest BCUT2D eigenvalue weighted by Gasteiger charge is -2.15. The van der Waals surface area contributed by atoms with Crippen molar-refractivity contribution in [3.8, 4) is 5.75 Å². The van der Waals surface area contributed by atoms with Gasteiger partial charge in [0.15, 0.2) is 5.96 Å². The van der Waals surface area contributed by atoms with E-state index < -0.39 is 0 Å². The molecule has 0 aliphatic carbocycles. The second-order valence-corrected chi connectivity index (χ2v) is 6.69. The Kier molecular flexibility index (Phi) is 12.0. The summed E-state index contributed by atoms with van der Waals surface area (Å²) >= 11 is 1.89. The molecular formula is C19H33N3O2S. The highest BCUT2D eigenvalue weighted by Gasteiger charge is 2.06. The molecule has 142 valence electrons. The van der Waals surface area contributed by atoms with E-state index in [9.17, 15) is 0 Å². The third-order valence-corrected chi connectivity index (χ3v) is 4.35. The van der Waals surface area contributed by atoms with Gasteiger partial charge in [-0.25, -0.2) is 0 Å². The predicted molar refractivity (Wildman–Crippen MR) is 109 cm³/mol. The topological polar surface area (TPSA) is 54.9 Å². The molecule has 1 rings (SSSR count). The molecule has 0 heterocycles. The fourth-order valence-electron chi connectivity index (χ4n) is 2.27. The van der Waals surface area contributed by atoms with Crippen LogP contribution in [0.5, 0.6) is 5.75 Å². The normalized spacial score (nSPS) is 11.4. The fourth-order valence-corrected chi connectivity index (χ4v) is 2.77. The highest BCUT2D eigenvalue weighted by molar-refractivity contribution is 7.98. The molecular weight excluding hydrogens is 334 g/mol. The molecule has 0 unspecified atom stereocenters. The Hall–Kier alpha value is -1.40. The van der Waals surface area contributed by atoms with Gasteiger partial charge >= 0.3 is 0 Å². The van der Waals surface area contributed by atoms with E-state index in [2.05, 4.69) is 47.0 Å². The van der Waals surface area contributed by atoms with Crippen molar-refractivity contribution in [2.45, 2.75) is 33.2 Å². The summed E-state index contributed by atoms with van der Waals surface area (Å²) in [5.74, 6) is 2.94. The van der Waals surface area contributed by atoms with E-state index in [1.54, 1.807) is 7.05 Å². The van der Waals surface area contributed by atoms with Crippen LogP contribution in [0, 0.1) is 6.92 Å². The quantitative estimate of drug-likeness (QED) is 0.337. The smallest absolute Gasteiger partial charge is 0.191 e. The van der Waals surface area contributed by atoms with Crippen LogP contribution in [0.15, 0.2) is 23.2 Å². The second-order valence-electron chi connectivity index (χ2n) is 5.71. The summed E-state index contributed by atoms with van der Waals surface area (Å²) in [6.45, 7) is 7.55. The van der Waals surface area contributed by atoms with Crippen LogP contribution >= 0.6 is 11.8 Å². The largest absolute Gasteiger partial charge is 0.491 e.